The molecule has 22 heavy (non-hydrogen) atoms. The fourth-order valence-corrected chi connectivity index (χ4v) is 3.39. The van der Waals surface area contributed by atoms with Crippen molar-refractivity contribution in [3.05, 3.63) is 65.7 Å². The zero-order valence-electron chi connectivity index (χ0n) is 12.7. The Hall–Kier alpha value is -1.49. The summed E-state index contributed by atoms with van der Waals surface area (Å²) in [6.45, 7) is 0.138. The van der Waals surface area contributed by atoms with Crippen LogP contribution in [0.3, 0.4) is 0 Å². The highest BCUT2D eigenvalue weighted by Crippen LogP contribution is 2.37. The van der Waals surface area contributed by atoms with E-state index in [-0.39, 0.29) is 11.9 Å². The normalized spacial score (nSPS) is 13.6. The Morgan fingerprint density at radius 1 is 1.00 bits per heavy atom. The molecular formula is C18H22O3S. The predicted octanol–water partition coefficient (Wildman–Crippen LogP) is 3.59. The fraction of sp³-hybridized carbons (Fsp3) is 0.333. The summed E-state index contributed by atoms with van der Waals surface area (Å²) in [5, 5.41) is 19.7. The minimum Gasteiger partial charge on any atom is -0.497 e. The van der Waals surface area contributed by atoms with Gasteiger partial charge < -0.3 is 14.9 Å². The second-order valence-electron chi connectivity index (χ2n) is 5.02. The van der Waals surface area contributed by atoms with Gasteiger partial charge in [0.25, 0.3) is 0 Å². The van der Waals surface area contributed by atoms with Crippen LogP contribution in [-0.4, -0.2) is 29.7 Å². The van der Waals surface area contributed by atoms with Gasteiger partial charge in [-0.1, -0.05) is 42.5 Å². The summed E-state index contributed by atoms with van der Waals surface area (Å²) in [4.78, 5) is 0. The van der Waals surface area contributed by atoms with Crippen molar-refractivity contribution < 1.29 is 14.9 Å². The van der Waals surface area contributed by atoms with Crippen molar-refractivity contribution in [2.24, 2.45) is 0 Å². The number of methoxy groups -OCH3 is 1. The molecule has 0 heterocycles. The quantitative estimate of drug-likeness (QED) is 0.781. The van der Waals surface area contributed by atoms with Gasteiger partial charge in [-0.05, 0) is 29.7 Å². The maximum absolute atomic E-state index is 10.5. The molecule has 0 amide bonds. The number of ether oxygens (including phenoxy) is 1. The van der Waals surface area contributed by atoms with Crippen molar-refractivity contribution in [3.8, 4) is 5.75 Å². The van der Waals surface area contributed by atoms with E-state index < -0.39 is 6.10 Å². The van der Waals surface area contributed by atoms with E-state index in [4.69, 9.17) is 9.84 Å². The molecule has 0 spiro atoms. The molecular weight excluding hydrogens is 296 g/mol. The lowest BCUT2D eigenvalue weighted by molar-refractivity contribution is 0.167. The molecule has 118 valence electrons. The molecule has 0 fully saturated rings. The number of hydrogen-bond acceptors (Lipinski definition) is 4. The van der Waals surface area contributed by atoms with Crippen molar-refractivity contribution in [1.29, 1.82) is 0 Å². The van der Waals surface area contributed by atoms with Crippen LogP contribution in [0, 0.1) is 0 Å². The molecule has 2 aromatic carbocycles. The lowest BCUT2D eigenvalue weighted by Crippen LogP contribution is -2.05. The zero-order chi connectivity index (χ0) is 15.8. The van der Waals surface area contributed by atoms with Gasteiger partial charge in [0.15, 0.2) is 0 Å². The van der Waals surface area contributed by atoms with E-state index in [2.05, 4.69) is 0 Å². The van der Waals surface area contributed by atoms with Gasteiger partial charge >= 0.3 is 0 Å². The summed E-state index contributed by atoms with van der Waals surface area (Å²) >= 11 is 1.66. The lowest BCUT2D eigenvalue weighted by atomic mass is 10.0. The molecule has 2 unspecified atom stereocenters. The van der Waals surface area contributed by atoms with Crippen molar-refractivity contribution in [2.45, 2.75) is 17.8 Å². The predicted molar refractivity (Wildman–Crippen MR) is 91.3 cm³/mol. The minimum atomic E-state index is -0.514. The average Bonchev–Trinajstić information content (AvgIpc) is 2.59. The Morgan fingerprint density at radius 2 is 1.68 bits per heavy atom. The van der Waals surface area contributed by atoms with Crippen LogP contribution in [-0.2, 0) is 0 Å². The number of aliphatic hydroxyl groups is 2. The lowest BCUT2D eigenvalue weighted by Gasteiger charge is -2.21. The molecule has 0 aliphatic carbocycles. The first-order valence-electron chi connectivity index (χ1n) is 7.34. The number of hydrogen-bond donors (Lipinski definition) is 2. The highest BCUT2D eigenvalue weighted by Gasteiger charge is 2.18. The average molecular weight is 318 g/mol. The van der Waals surface area contributed by atoms with E-state index in [1.807, 2.05) is 54.6 Å². The van der Waals surface area contributed by atoms with E-state index in [0.29, 0.717) is 12.2 Å². The number of aliphatic hydroxyl groups excluding tert-OH is 2. The van der Waals surface area contributed by atoms with Gasteiger partial charge in [-0.2, -0.15) is 11.8 Å². The molecule has 0 aliphatic rings. The number of thioether (sulfide) groups is 1. The second-order valence-corrected chi connectivity index (χ2v) is 6.33. The topological polar surface area (TPSA) is 49.7 Å². The molecule has 2 rings (SSSR count). The smallest absolute Gasteiger partial charge is 0.118 e. The Morgan fingerprint density at radius 3 is 2.27 bits per heavy atom. The van der Waals surface area contributed by atoms with Gasteiger partial charge in [0, 0.05) is 11.0 Å². The van der Waals surface area contributed by atoms with Crippen LogP contribution in [0.4, 0.5) is 0 Å². The van der Waals surface area contributed by atoms with Crippen molar-refractivity contribution in [2.75, 3.05) is 19.5 Å². The Balaban J connectivity index is 2.11. The third-order valence-corrected chi connectivity index (χ3v) is 4.80. The second kappa shape index (κ2) is 8.83. The van der Waals surface area contributed by atoms with E-state index >= 15 is 0 Å². The van der Waals surface area contributed by atoms with E-state index in [1.54, 1.807) is 18.9 Å². The zero-order valence-corrected chi connectivity index (χ0v) is 13.5. The maximum atomic E-state index is 10.5. The van der Waals surface area contributed by atoms with Gasteiger partial charge in [-0.15, -0.1) is 0 Å². The molecule has 2 N–H and O–H groups in total. The third kappa shape index (κ3) is 4.77. The molecule has 2 aromatic rings. The highest BCUT2D eigenvalue weighted by molar-refractivity contribution is 7.99. The first kappa shape index (κ1) is 16.9. The van der Waals surface area contributed by atoms with Gasteiger partial charge in [0.2, 0.25) is 0 Å². The van der Waals surface area contributed by atoms with Crippen molar-refractivity contribution >= 4 is 11.8 Å². The maximum Gasteiger partial charge on any atom is 0.118 e. The van der Waals surface area contributed by atoms with Crippen LogP contribution in [0.2, 0.25) is 0 Å². The standard InChI is InChI=1S/C18H22O3S/c1-21-16-9-7-15(8-10-16)18(22-12-11-19)13-17(20)14-5-3-2-4-6-14/h2-10,17-20H,11-13H2,1H3. The summed E-state index contributed by atoms with van der Waals surface area (Å²) in [5.74, 6) is 1.47. The Kier molecular flexibility index (Phi) is 6.77. The summed E-state index contributed by atoms with van der Waals surface area (Å²) < 4.78 is 5.18. The van der Waals surface area contributed by atoms with E-state index in [9.17, 15) is 5.11 Å². The molecule has 0 radical (unpaired) electrons. The molecule has 0 aliphatic heterocycles. The van der Waals surface area contributed by atoms with E-state index in [0.717, 1.165) is 16.9 Å². The van der Waals surface area contributed by atoms with E-state index in [1.165, 1.54) is 0 Å². The number of rotatable bonds is 8. The molecule has 0 saturated carbocycles. The molecule has 4 heteroatoms. The highest BCUT2D eigenvalue weighted by atomic mass is 32.2. The summed E-state index contributed by atoms with van der Waals surface area (Å²) in [7, 11) is 1.64. The monoisotopic (exact) mass is 318 g/mol. The SMILES string of the molecule is COc1ccc(C(CC(O)c2ccccc2)SCCO)cc1. The van der Waals surface area contributed by atoms with Crippen LogP contribution < -0.4 is 4.74 Å². The van der Waals surface area contributed by atoms with Crippen LogP contribution >= 0.6 is 11.8 Å². The fourth-order valence-electron chi connectivity index (χ4n) is 2.33. The van der Waals surface area contributed by atoms with Crippen molar-refractivity contribution in [1.82, 2.24) is 0 Å². The van der Waals surface area contributed by atoms with Crippen LogP contribution in [0.5, 0.6) is 5.75 Å². The van der Waals surface area contributed by atoms with Gasteiger partial charge in [0.1, 0.15) is 5.75 Å². The molecule has 3 nitrogen and oxygen atoms in total. The van der Waals surface area contributed by atoms with Crippen molar-refractivity contribution in [3.63, 3.8) is 0 Å². The largest absolute Gasteiger partial charge is 0.497 e. The van der Waals surface area contributed by atoms with Crippen LogP contribution in [0.15, 0.2) is 54.6 Å². The first-order valence-corrected chi connectivity index (χ1v) is 8.39. The van der Waals surface area contributed by atoms with Gasteiger partial charge in [-0.3, -0.25) is 0 Å². The van der Waals surface area contributed by atoms with Gasteiger partial charge in [-0.25, -0.2) is 0 Å². The summed E-state index contributed by atoms with van der Waals surface area (Å²) in [5.41, 5.74) is 2.06. The van der Waals surface area contributed by atoms with Gasteiger partial charge in [0.05, 0.1) is 19.8 Å². The minimum absolute atomic E-state index is 0.133. The first-order chi connectivity index (χ1) is 10.7. The molecule has 0 saturated heterocycles. The molecule has 2 atom stereocenters. The third-order valence-electron chi connectivity index (χ3n) is 3.52. The molecule has 0 aromatic heterocycles. The van der Waals surface area contributed by atoms with Crippen LogP contribution in [0.1, 0.15) is 28.9 Å². The number of benzene rings is 2. The van der Waals surface area contributed by atoms with Crippen LogP contribution in [0.25, 0.3) is 0 Å². The summed E-state index contributed by atoms with van der Waals surface area (Å²) in [6.07, 6.45) is 0.0978. The summed E-state index contributed by atoms with van der Waals surface area (Å²) in [6, 6.07) is 17.6. The Bertz CT molecular complexity index is 542. The Labute approximate surface area is 136 Å². The molecule has 0 bridgehead atoms.